The van der Waals surface area contributed by atoms with Crippen LogP contribution in [0.3, 0.4) is 0 Å². The van der Waals surface area contributed by atoms with Gasteiger partial charge >= 0.3 is 0 Å². The summed E-state index contributed by atoms with van der Waals surface area (Å²) in [7, 11) is 1.49. The zero-order chi connectivity index (χ0) is 28.9. The number of methoxy groups -OCH3 is 1. The first kappa shape index (κ1) is 28.0. The second-order valence-electron chi connectivity index (χ2n) is 9.82. The molecule has 0 radical (unpaired) electrons. The molecule has 2 aromatic heterocycles. The van der Waals surface area contributed by atoms with Crippen molar-refractivity contribution in [2.75, 3.05) is 25.2 Å². The lowest BCUT2D eigenvalue weighted by atomic mass is 10.1. The Morgan fingerprint density at radius 3 is 2.66 bits per heavy atom. The van der Waals surface area contributed by atoms with Gasteiger partial charge in [0.05, 0.1) is 18.9 Å². The number of carbonyl (C=O) groups is 2. The number of aromatic nitrogens is 4. The predicted molar refractivity (Wildman–Crippen MR) is 147 cm³/mol. The Balaban J connectivity index is 1.51. The average molecular weight is 563 g/mol. The highest BCUT2D eigenvalue weighted by molar-refractivity contribution is 6.02. The quantitative estimate of drug-likeness (QED) is 0.310. The van der Waals surface area contributed by atoms with Crippen molar-refractivity contribution in [2.24, 2.45) is 0 Å². The maximum absolute atomic E-state index is 14.1. The number of hydrogen-bond acceptors (Lipinski definition) is 8. The number of hydrogen-bond donors (Lipinski definition) is 1. The topological polar surface area (TPSA) is 125 Å². The lowest BCUT2D eigenvalue weighted by molar-refractivity contribution is -0.127. The van der Waals surface area contributed by atoms with Crippen molar-refractivity contribution in [3.63, 3.8) is 0 Å². The normalized spacial score (nSPS) is 15.5. The summed E-state index contributed by atoms with van der Waals surface area (Å²) in [4.78, 5) is 30.4. The Morgan fingerprint density at radius 2 is 1.98 bits per heavy atom. The molecule has 1 fully saturated rings. The van der Waals surface area contributed by atoms with E-state index < -0.39 is 23.7 Å². The van der Waals surface area contributed by atoms with Crippen LogP contribution >= 0.6 is 0 Å². The van der Waals surface area contributed by atoms with Gasteiger partial charge in [0.1, 0.15) is 29.6 Å². The average Bonchev–Trinajstić information content (AvgIpc) is 3.74. The Bertz CT molecular complexity index is 1510. The van der Waals surface area contributed by atoms with Crippen LogP contribution in [0.1, 0.15) is 36.0 Å². The van der Waals surface area contributed by atoms with E-state index in [0.29, 0.717) is 35.9 Å². The molecule has 11 nitrogen and oxygen atoms in total. The van der Waals surface area contributed by atoms with Crippen molar-refractivity contribution in [1.82, 2.24) is 25.5 Å². The van der Waals surface area contributed by atoms with E-state index in [4.69, 9.17) is 13.9 Å². The minimum atomic E-state index is -1.17. The SMILES string of the molecule is COc1ccc(C)cc1N(C(=O)Cn1nnc(-c2ccc(F)cc2)n1)C(C(=O)NCC1CCCO1)c1ccc(C)o1. The fraction of sp³-hybridized carbons (Fsp3) is 0.345. The van der Waals surface area contributed by atoms with Crippen LogP contribution in [0.15, 0.2) is 59.0 Å². The number of furan rings is 1. The predicted octanol–water partition coefficient (Wildman–Crippen LogP) is 3.77. The standard InChI is InChI=1S/C29H31FN6O5/c1-18-6-12-24(39-3)23(15-18)36(26(37)17-35-33-28(32-34-35)20-8-10-21(30)11-9-20)27(25-13-7-19(2)41-25)29(38)31-16-22-5-4-14-40-22/h6-13,15,22,27H,4-5,14,16-17H2,1-3H3,(H,31,38). The van der Waals surface area contributed by atoms with Gasteiger partial charge in [-0.15, -0.1) is 10.2 Å². The van der Waals surface area contributed by atoms with Gasteiger partial charge in [-0.25, -0.2) is 4.39 Å². The monoisotopic (exact) mass is 562 g/mol. The van der Waals surface area contributed by atoms with Gasteiger partial charge in [0.2, 0.25) is 5.82 Å². The van der Waals surface area contributed by atoms with Crippen molar-refractivity contribution in [3.05, 3.63) is 77.5 Å². The molecule has 4 aromatic rings. The molecular weight excluding hydrogens is 531 g/mol. The number of carbonyl (C=O) groups excluding carboxylic acids is 2. The maximum Gasteiger partial charge on any atom is 0.251 e. The van der Waals surface area contributed by atoms with E-state index in [1.54, 1.807) is 31.2 Å². The third kappa shape index (κ3) is 6.43. The lowest BCUT2D eigenvalue weighted by Gasteiger charge is -2.31. The van der Waals surface area contributed by atoms with Crippen LogP contribution in [-0.2, 0) is 20.9 Å². The highest BCUT2D eigenvalue weighted by Gasteiger charge is 2.37. The zero-order valence-electron chi connectivity index (χ0n) is 23.0. The molecule has 0 spiro atoms. The van der Waals surface area contributed by atoms with Gasteiger partial charge < -0.3 is 19.2 Å². The van der Waals surface area contributed by atoms with Crippen LogP contribution in [0.4, 0.5) is 10.1 Å². The molecule has 41 heavy (non-hydrogen) atoms. The van der Waals surface area contributed by atoms with Crippen LogP contribution < -0.4 is 15.0 Å². The Labute approximate surface area is 236 Å². The highest BCUT2D eigenvalue weighted by Crippen LogP contribution is 2.36. The number of tetrazole rings is 1. The second-order valence-corrected chi connectivity index (χ2v) is 9.82. The maximum atomic E-state index is 14.1. The van der Waals surface area contributed by atoms with Gasteiger partial charge in [0.25, 0.3) is 11.8 Å². The van der Waals surface area contributed by atoms with Crippen LogP contribution in [0, 0.1) is 19.7 Å². The Hall–Kier alpha value is -4.58. The smallest absolute Gasteiger partial charge is 0.251 e. The Kier molecular flexibility index (Phi) is 8.39. The molecule has 1 saturated heterocycles. The molecule has 12 heteroatoms. The summed E-state index contributed by atoms with van der Waals surface area (Å²) < 4.78 is 30.6. The molecule has 0 aliphatic carbocycles. The number of ether oxygens (including phenoxy) is 2. The number of nitrogens with one attached hydrogen (secondary N) is 1. The molecular formula is C29H31FN6O5. The van der Waals surface area contributed by atoms with Gasteiger partial charge in [0.15, 0.2) is 6.04 Å². The number of nitrogens with zero attached hydrogens (tertiary/aromatic N) is 5. The minimum absolute atomic E-state index is 0.0974. The number of rotatable bonds is 10. The van der Waals surface area contributed by atoms with Crippen molar-refractivity contribution in [3.8, 4) is 17.1 Å². The third-order valence-corrected chi connectivity index (χ3v) is 6.76. The summed E-state index contributed by atoms with van der Waals surface area (Å²) in [6.45, 7) is 4.25. The molecule has 2 unspecified atom stereocenters. The number of benzene rings is 2. The summed E-state index contributed by atoms with van der Waals surface area (Å²) >= 11 is 0. The van der Waals surface area contributed by atoms with E-state index in [1.165, 1.54) is 36.3 Å². The van der Waals surface area contributed by atoms with Crippen molar-refractivity contribution >= 4 is 17.5 Å². The van der Waals surface area contributed by atoms with Crippen LogP contribution in [0.25, 0.3) is 11.4 Å². The third-order valence-electron chi connectivity index (χ3n) is 6.76. The first-order chi connectivity index (χ1) is 19.8. The molecule has 2 atom stereocenters. The first-order valence-electron chi connectivity index (χ1n) is 13.3. The Morgan fingerprint density at radius 1 is 1.17 bits per heavy atom. The second kappa shape index (κ2) is 12.3. The van der Waals surface area contributed by atoms with E-state index in [9.17, 15) is 14.0 Å². The van der Waals surface area contributed by atoms with E-state index in [2.05, 4.69) is 20.7 Å². The number of halogens is 1. The molecule has 214 valence electrons. The highest BCUT2D eigenvalue weighted by atomic mass is 19.1. The lowest BCUT2D eigenvalue weighted by Crippen LogP contribution is -2.46. The summed E-state index contributed by atoms with van der Waals surface area (Å²) in [6.07, 6.45) is 1.67. The van der Waals surface area contributed by atoms with Gasteiger partial charge in [-0.1, -0.05) is 6.07 Å². The molecule has 5 rings (SSSR count). The van der Waals surface area contributed by atoms with Gasteiger partial charge in [0, 0.05) is 18.7 Å². The van der Waals surface area contributed by atoms with Crippen LogP contribution in [-0.4, -0.2) is 58.4 Å². The largest absolute Gasteiger partial charge is 0.495 e. The fourth-order valence-corrected chi connectivity index (χ4v) is 4.72. The van der Waals surface area contributed by atoms with E-state index >= 15 is 0 Å². The first-order valence-corrected chi connectivity index (χ1v) is 13.3. The molecule has 2 aromatic carbocycles. The molecule has 0 saturated carbocycles. The van der Waals surface area contributed by atoms with E-state index in [-0.39, 0.29) is 24.2 Å². The zero-order valence-corrected chi connectivity index (χ0v) is 23.0. The molecule has 1 aliphatic heterocycles. The van der Waals surface area contributed by atoms with Crippen molar-refractivity contribution in [1.29, 1.82) is 0 Å². The number of amides is 2. The molecule has 1 aliphatic rings. The van der Waals surface area contributed by atoms with Gasteiger partial charge in [-0.3, -0.25) is 14.5 Å². The number of anilines is 1. The fourth-order valence-electron chi connectivity index (χ4n) is 4.72. The van der Waals surface area contributed by atoms with Gasteiger partial charge in [-0.05, 0) is 86.0 Å². The molecule has 3 heterocycles. The summed E-state index contributed by atoms with van der Waals surface area (Å²) in [5.74, 6) is 0.141. The molecule has 0 bridgehead atoms. The minimum Gasteiger partial charge on any atom is -0.495 e. The van der Waals surface area contributed by atoms with Crippen LogP contribution in [0.2, 0.25) is 0 Å². The molecule has 1 N–H and O–H groups in total. The molecule has 2 amide bonds. The van der Waals surface area contributed by atoms with E-state index in [1.807, 2.05) is 13.0 Å². The summed E-state index contributed by atoms with van der Waals surface area (Å²) in [6, 6.07) is 13.2. The van der Waals surface area contributed by atoms with Crippen molar-refractivity contribution in [2.45, 2.75) is 45.4 Å². The summed E-state index contributed by atoms with van der Waals surface area (Å²) in [5, 5.41) is 15.3. The summed E-state index contributed by atoms with van der Waals surface area (Å²) in [5.41, 5.74) is 1.77. The van der Waals surface area contributed by atoms with Crippen LogP contribution in [0.5, 0.6) is 5.75 Å². The van der Waals surface area contributed by atoms with E-state index in [0.717, 1.165) is 23.2 Å². The van der Waals surface area contributed by atoms with Gasteiger partial charge in [-0.2, -0.15) is 4.80 Å². The van der Waals surface area contributed by atoms with Crippen molar-refractivity contribution < 1.29 is 27.9 Å². The number of aryl methyl sites for hydroxylation is 2.